The van der Waals surface area contributed by atoms with Crippen molar-refractivity contribution in [2.75, 3.05) is 19.0 Å². The smallest absolute Gasteiger partial charge is 0.246 e. The van der Waals surface area contributed by atoms with Crippen molar-refractivity contribution in [1.82, 2.24) is 5.01 Å². The molecule has 1 saturated carbocycles. The van der Waals surface area contributed by atoms with Crippen molar-refractivity contribution in [3.05, 3.63) is 29.3 Å². The topological polar surface area (TPSA) is 53.0 Å². The van der Waals surface area contributed by atoms with Crippen LogP contribution in [-0.4, -0.2) is 36.6 Å². The fourth-order valence-electron chi connectivity index (χ4n) is 3.20. The standard InChI is InChI=1S/C15H15N3O2/c1-17-12-4-3-8(5-9(12)6-13(17)19)14-10-7-11(10)15(20)18(2)16-14/h3-5,10-11H,6-7H2,1-2H3. The highest BCUT2D eigenvalue weighted by molar-refractivity contribution is 6.10. The third-order valence-corrected chi connectivity index (χ3v) is 4.49. The lowest BCUT2D eigenvalue weighted by Gasteiger charge is -2.19. The van der Waals surface area contributed by atoms with Gasteiger partial charge in [0.1, 0.15) is 0 Å². The first-order chi connectivity index (χ1) is 9.56. The van der Waals surface area contributed by atoms with E-state index in [1.54, 1.807) is 19.0 Å². The molecule has 0 aromatic heterocycles. The summed E-state index contributed by atoms with van der Waals surface area (Å²) in [5.74, 6) is 0.630. The van der Waals surface area contributed by atoms with Crippen LogP contribution in [-0.2, 0) is 16.0 Å². The number of rotatable bonds is 1. The largest absolute Gasteiger partial charge is 0.315 e. The number of likely N-dealkylation sites (N-methyl/N-ethyl adjacent to an activating group) is 1. The highest BCUT2D eigenvalue weighted by Gasteiger charge is 2.51. The van der Waals surface area contributed by atoms with Crippen LogP contribution < -0.4 is 4.90 Å². The number of carbonyl (C=O) groups is 2. The van der Waals surface area contributed by atoms with Gasteiger partial charge < -0.3 is 4.90 Å². The predicted molar refractivity (Wildman–Crippen MR) is 74.5 cm³/mol. The second kappa shape index (κ2) is 3.69. The van der Waals surface area contributed by atoms with E-state index in [4.69, 9.17) is 0 Å². The van der Waals surface area contributed by atoms with Crippen LogP contribution in [0.25, 0.3) is 0 Å². The Labute approximate surface area is 116 Å². The molecule has 0 saturated heterocycles. The SMILES string of the molecule is CN1N=C(c2ccc3c(c2)CC(=O)N3C)C2CC2C1=O. The summed E-state index contributed by atoms with van der Waals surface area (Å²) in [6.45, 7) is 0. The molecule has 1 aromatic rings. The summed E-state index contributed by atoms with van der Waals surface area (Å²) >= 11 is 0. The van der Waals surface area contributed by atoms with Gasteiger partial charge in [0, 0.05) is 31.6 Å². The van der Waals surface area contributed by atoms with Gasteiger partial charge in [0.05, 0.1) is 12.1 Å². The van der Waals surface area contributed by atoms with E-state index < -0.39 is 0 Å². The fourth-order valence-corrected chi connectivity index (χ4v) is 3.20. The van der Waals surface area contributed by atoms with Crippen molar-refractivity contribution in [2.24, 2.45) is 16.9 Å². The first-order valence-electron chi connectivity index (χ1n) is 6.82. The van der Waals surface area contributed by atoms with E-state index in [0.717, 1.165) is 28.9 Å². The lowest BCUT2D eigenvalue weighted by Crippen LogP contribution is -2.31. The van der Waals surface area contributed by atoms with Crippen LogP contribution >= 0.6 is 0 Å². The molecule has 2 amide bonds. The van der Waals surface area contributed by atoms with Gasteiger partial charge in [0.15, 0.2) is 0 Å². The van der Waals surface area contributed by atoms with Crippen molar-refractivity contribution >= 4 is 23.2 Å². The molecule has 2 atom stereocenters. The van der Waals surface area contributed by atoms with Gasteiger partial charge in [-0.3, -0.25) is 9.59 Å². The molecule has 2 unspecified atom stereocenters. The summed E-state index contributed by atoms with van der Waals surface area (Å²) in [5, 5.41) is 5.87. The maximum atomic E-state index is 11.8. The molecule has 20 heavy (non-hydrogen) atoms. The van der Waals surface area contributed by atoms with Gasteiger partial charge in [-0.05, 0) is 29.7 Å². The minimum Gasteiger partial charge on any atom is -0.315 e. The first-order valence-corrected chi connectivity index (χ1v) is 6.82. The van der Waals surface area contributed by atoms with E-state index in [-0.39, 0.29) is 23.7 Å². The number of hydrazone groups is 1. The number of hydrogen-bond acceptors (Lipinski definition) is 3. The summed E-state index contributed by atoms with van der Waals surface area (Å²) in [5.41, 5.74) is 4.06. The Bertz CT molecular complexity index is 680. The van der Waals surface area contributed by atoms with Gasteiger partial charge in [-0.25, -0.2) is 5.01 Å². The number of anilines is 1. The highest BCUT2D eigenvalue weighted by Crippen LogP contribution is 2.45. The zero-order valence-corrected chi connectivity index (χ0v) is 11.5. The summed E-state index contributed by atoms with van der Waals surface area (Å²) in [4.78, 5) is 25.2. The van der Waals surface area contributed by atoms with E-state index >= 15 is 0 Å². The second-order valence-electron chi connectivity index (χ2n) is 5.77. The molecule has 5 heteroatoms. The molecule has 0 radical (unpaired) electrons. The third-order valence-electron chi connectivity index (χ3n) is 4.49. The Balaban J connectivity index is 1.75. The molecule has 0 bridgehead atoms. The maximum absolute atomic E-state index is 11.8. The monoisotopic (exact) mass is 269 g/mol. The van der Waals surface area contributed by atoms with E-state index in [0.29, 0.717) is 6.42 Å². The summed E-state index contributed by atoms with van der Waals surface area (Å²) in [6, 6.07) is 6.03. The fraction of sp³-hybridized carbons (Fsp3) is 0.400. The summed E-state index contributed by atoms with van der Waals surface area (Å²) < 4.78 is 0. The number of fused-ring (bicyclic) bond motifs is 2. The Morgan fingerprint density at radius 3 is 2.80 bits per heavy atom. The Morgan fingerprint density at radius 2 is 2.00 bits per heavy atom. The Hall–Kier alpha value is -2.17. The molecule has 0 N–H and O–H groups in total. The van der Waals surface area contributed by atoms with Crippen LogP contribution in [0.3, 0.4) is 0 Å². The number of nitrogens with zero attached hydrogens (tertiary/aromatic N) is 3. The van der Waals surface area contributed by atoms with Gasteiger partial charge >= 0.3 is 0 Å². The van der Waals surface area contributed by atoms with E-state index in [9.17, 15) is 9.59 Å². The zero-order valence-electron chi connectivity index (χ0n) is 11.5. The average molecular weight is 269 g/mol. The molecular formula is C15H15N3O2. The highest BCUT2D eigenvalue weighted by atomic mass is 16.2. The first kappa shape index (κ1) is 11.6. The van der Waals surface area contributed by atoms with Crippen LogP contribution in [0.4, 0.5) is 5.69 Å². The van der Waals surface area contributed by atoms with Crippen molar-refractivity contribution < 1.29 is 9.59 Å². The average Bonchev–Trinajstić information content (AvgIpc) is 3.17. The molecule has 102 valence electrons. The van der Waals surface area contributed by atoms with Crippen LogP contribution in [0.15, 0.2) is 23.3 Å². The van der Waals surface area contributed by atoms with Gasteiger partial charge in [0.2, 0.25) is 11.8 Å². The molecule has 0 spiro atoms. The third kappa shape index (κ3) is 1.46. The van der Waals surface area contributed by atoms with Crippen molar-refractivity contribution in [2.45, 2.75) is 12.8 Å². The lowest BCUT2D eigenvalue weighted by atomic mass is 10.00. The van der Waals surface area contributed by atoms with Gasteiger partial charge in [-0.2, -0.15) is 5.10 Å². The second-order valence-corrected chi connectivity index (χ2v) is 5.77. The predicted octanol–water partition coefficient (Wildman–Crippen LogP) is 1.02. The minimum atomic E-state index is 0.116. The van der Waals surface area contributed by atoms with Gasteiger partial charge in [-0.15, -0.1) is 0 Å². The molecule has 2 heterocycles. The lowest BCUT2D eigenvalue weighted by molar-refractivity contribution is -0.131. The van der Waals surface area contributed by atoms with Crippen LogP contribution in [0.5, 0.6) is 0 Å². The molecular weight excluding hydrogens is 254 g/mol. The van der Waals surface area contributed by atoms with Crippen LogP contribution in [0.1, 0.15) is 17.5 Å². The van der Waals surface area contributed by atoms with Crippen LogP contribution in [0.2, 0.25) is 0 Å². The molecule has 3 aliphatic rings. The quantitative estimate of drug-likeness (QED) is 0.764. The summed E-state index contributed by atoms with van der Waals surface area (Å²) in [6.07, 6.45) is 1.35. The molecule has 1 aliphatic carbocycles. The molecule has 1 aromatic carbocycles. The minimum absolute atomic E-state index is 0.116. The van der Waals surface area contributed by atoms with Gasteiger partial charge in [-0.1, -0.05) is 6.07 Å². The number of hydrogen-bond donors (Lipinski definition) is 0. The van der Waals surface area contributed by atoms with Crippen molar-refractivity contribution in [3.8, 4) is 0 Å². The molecule has 2 aliphatic heterocycles. The van der Waals surface area contributed by atoms with Crippen molar-refractivity contribution in [3.63, 3.8) is 0 Å². The Morgan fingerprint density at radius 1 is 1.20 bits per heavy atom. The number of carbonyl (C=O) groups excluding carboxylic acids is 2. The van der Waals surface area contributed by atoms with E-state index in [2.05, 4.69) is 11.2 Å². The van der Waals surface area contributed by atoms with E-state index in [1.807, 2.05) is 12.1 Å². The van der Waals surface area contributed by atoms with Crippen molar-refractivity contribution in [1.29, 1.82) is 0 Å². The molecule has 4 rings (SSSR count). The Kier molecular flexibility index (Phi) is 2.14. The van der Waals surface area contributed by atoms with Gasteiger partial charge in [0.25, 0.3) is 0 Å². The molecule has 1 fully saturated rings. The summed E-state index contributed by atoms with van der Waals surface area (Å²) in [7, 11) is 3.51. The maximum Gasteiger partial charge on any atom is 0.246 e. The zero-order chi connectivity index (χ0) is 14.0. The normalized spacial score (nSPS) is 27.4. The van der Waals surface area contributed by atoms with E-state index in [1.165, 1.54) is 5.01 Å². The number of amides is 2. The molecule has 5 nitrogen and oxygen atoms in total. The number of benzene rings is 1. The van der Waals surface area contributed by atoms with Crippen LogP contribution in [0, 0.1) is 11.8 Å².